The monoisotopic (exact) mass is 318 g/mol. The zero-order valence-corrected chi connectivity index (χ0v) is 14.1. The minimum Gasteiger partial charge on any atom is -0.449 e. The van der Waals surface area contributed by atoms with Gasteiger partial charge >= 0.3 is 6.09 Å². The van der Waals surface area contributed by atoms with Gasteiger partial charge in [-0.15, -0.1) is 11.3 Å². The zero-order chi connectivity index (χ0) is 15.9. The van der Waals surface area contributed by atoms with Gasteiger partial charge in [-0.2, -0.15) is 0 Å². The average molecular weight is 318 g/mol. The van der Waals surface area contributed by atoms with Crippen molar-refractivity contribution in [3.8, 4) is 11.3 Å². The fourth-order valence-corrected chi connectivity index (χ4v) is 2.56. The van der Waals surface area contributed by atoms with Gasteiger partial charge in [-0.05, 0) is 24.8 Å². The van der Waals surface area contributed by atoms with Gasteiger partial charge in [0.05, 0.1) is 17.3 Å². The molecule has 0 saturated carbocycles. The van der Waals surface area contributed by atoms with Crippen molar-refractivity contribution in [1.29, 1.82) is 0 Å². The van der Waals surface area contributed by atoms with E-state index in [2.05, 4.69) is 39.9 Å². The third-order valence-corrected chi connectivity index (χ3v) is 3.87. The van der Waals surface area contributed by atoms with Crippen molar-refractivity contribution in [2.75, 3.05) is 13.2 Å². The summed E-state index contributed by atoms with van der Waals surface area (Å²) in [7, 11) is 0. The highest BCUT2D eigenvalue weighted by atomic mass is 32.1. The lowest BCUT2D eigenvalue weighted by molar-refractivity contribution is 0.133. The van der Waals surface area contributed by atoms with Crippen molar-refractivity contribution in [3.05, 3.63) is 40.2 Å². The van der Waals surface area contributed by atoms with Crippen molar-refractivity contribution in [3.63, 3.8) is 0 Å². The number of carbonyl (C=O) groups excluding carboxylic acids is 1. The maximum Gasteiger partial charge on any atom is 0.407 e. The van der Waals surface area contributed by atoms with Crippen LogP contribution in [0, 0.1) is 12.8 Å². The van der Waals surface area contributed by atoms with E-state index in [-0.39, 0.29) is 6.09 Å². The molecule has 22 heavy (non-hydrogen) atoms. The van der Waals surface area contributed by atoms with Gasteiger partial charge in [-0.1, -0.05) is 38.1 Å². The summed E-state index contributed by atoms with van der Waals surface area (Å²) in [6, 6.07) is 8.29. The largest absolute Gasteiger partial charge is 0.449 e. The van der Waals surface area contributed by atoms with Crippen LogP contribution in [0.2, 0.25) is 0 Å². The first-order valence-electron chi connectivity index (χ1n) is 7.46. The van der Waals surface area contributed by atoms with Crippen LogP contribution in [0.4, 0.5) is 4.79 Å². The van der Waals surface area contributed by atoms with Crippen LogP contribution >= 0.6 is 11.3 Å². The second kappa shape index (κ2) is 7.94. The molecule has 2 rings (SSSR count). The number of ether oxygens (including phenoxy) is 1. The number of amides is 1. The van der Waals surface area contributed by atoms with E-state index < -0.39 is 0 Å². The lowest BCUT2D eigenvalue weighted by atomic mass is 10.1. The fourth-order valence-electron chi connectivity index (χ4n) is 1.94. The molecular formula is C17H22N2O2S. The first-order chi connectivity index (χ1) is 10.5. The van der Waals surface area contributed by atoms with Crippen molar-refractivity contribution >= 4 is 17.4 Å². The topological polar surface area (TPSA) is 51.2 Å². The average Bonchev–Trinajstić information content (AvgIpc) is 2.92. The number of aromatic nitrogens is 1. The molecule has 1 aromatic carbocycles. The van der Waals surface area contributed by atoms with Crippen LogP contribution in [-0.2, 0) is 11.2 Å². The van der Waals surface area contributed by atoms with E-state index in [9.17, 15) is 4.79 Å². The molecule has 4 nitrogen and oxygen atoms in total. The van der Waals surface area contributed by atoms with Gasteiger partial charge in [-0.3, -0.25) is 0 Å². The van der Waals surface area contributed by atoms with Crippen LogP contribution in [0.25, 0.3) is 11.3 Å². The molecule has 1 heterocycles. The van der Waals surface area contributed by atoms with Gasteiger partial charge in [-0.25, -0.2) is 9.78 Å². The molecule has 0 saturated heterocycles. The van der Waals surface area contributed by atoms with Crippen LogP contribution in [0.1, 0.15) is 24.4 Å². The molecule has 1 aromatic heterocycles. The number of benzene rings is 1. The SMILES string of the molecule is Cc1nc(-c2ccc(CCNC(=O)OCC(C)C)cc2)cs1. The van der Waals surface area contributed by atoms with Crippen molar-refractivity contribution in [2.45, 2.75) is 27.2 Å². The Bertz CT molecular complexity index is 605. The zero-order valence-electron chi connectivity index (χ0n) is 13.3. The summed E-state index contributed by atoms with van der Waals surface area (Å²) in [6.45, 7) is 7.06. The second-order valence-electron chi connectivity index (χ2n) is 5.62. The molecule has 1 N–H and O–H groups in total. The Morgan fingerprint density at radius 1 is 1.32 bits per heavy atom. The predicted molar refractivity (Wildman–Crippen MR) is 90.2 cm³/mol. The smallest absolute Gasteiger partial charge is 0.407 e. The van der Waals surface area contributed by atoms with Gasteiger partial charge in [0, 0.05) is 17.5 Å². The van der Waals surface area contributed by atoms with Crippen LogP contribution in [0.5, 0.6) is 0 Å². The molecule has 1 amide bonds. The Morgan fingerprint density at radius 3 is 2.64 bits per heavy atom. The number of thiazole rings is 1. The van der Waals surface area contributed by atoms with Crippen LogP contribution in [0.3, 0.4) is 0 Å². The fraction of sp³-hybridized carbons (Fsp3) is 0.412. The van der Waals surface area contributed by atoms with Crippen LogP contribution in [-0.4, -0.2) is 24.2 Å². The quantitative estimate of drug-likeness (QED) is 0.874. The molecule has 0 unspecified atom stereocenters. The Balaban J connectivity index is 1.78. The molecule has 0 aliphatic rings. The lowest BCUT2D eigenvalue weighted by Gasteiger charge is -2.09. The van der Waals surface area contributed by atoms with Crippen molar-refractivity contribution in [2.24, 2.45) is 5.92 Å². The molecular weight excluding hydrogens is 296 g/mol. The molecule has 0 aliphatic carbocycles. The van der Waals surface area contributed by atoms with Crippen LogP contribution in [0.15, 0.2) is 29.6 Å². The second-order valence-corrected chi connectivity index (χ2v) is 6.68. The number of hydrogen-bond donors (Lipinski definition) is 1. The van der Waals surface area contributed by atoms with E-state index >= 15 is 0 Å². The Kier molecular flexibility index (Phi) is 5.95. The predicted octanol–water partition coefficient (Wildman–Crippen LogP) is 4.04. The maximum atomic E-state index is 11.4. The van der Waals surface area contributed by atoms with Gasteiger partial charge in [0.25, 0.3) is 0 Å². The Morgan fingerprint density at radius 2 is 2.05 bits per heavy atom. The standard InChI is InChI=1S/C17H22N2O2S/c1-12(2)10-21-17(20)18-9-8-14-4-6-15(7-5-14)16-11-22-13(3)19-16/h4-7,11-12H,8-10H2,1-3H3,(H,18,20). The summed E-state index contributed by atoms with van der Waals surface area (Å²) >= 11 is 1.65. The molecule has 0 spiro atoms. The molecule has 5 heteroatoms. The summed E-state index contributed by atoms with van der Waals surface area (Å²) in [6.07, 6.45) is 0.441. The highest BCUT2D eigenvalue weighted by Gasteiger charge is 2.04. The molecule has 0 fully saturated rings. The number of aryl methyl sites for hydroxylation is 1. The van der Waals surface area contributed by atoms with E-state index in [0.29, 0.717) is 19.1 Å². The highest BCUT2D eigenvalue weighted by Crippen LogP contribution is 2.21. The Hall–Kier alpha value is -1.88. The first kappa shape index (κ1) is 16.5. The maximum absolute atomic E-state index is 11.4. The number of rotatable bonds is 6. The van der Waals surface area contributed by atoms with Gasteiger partial charge < -0.3 is 10.1 Å². The number of hydrogen-bond acceptors (Lipinski definition) is 4. The van der Waals surface area contributed by atoms with Crippen LogP contribution < -0.4 is 5.32 Å². The third kappa shape index (κ3) is 5.15. The van der Waals surface area contributed by atoms with E-state index in [1.165, 1.54) is 5.56 Å². The Labute approximate surface area is 135 Å². The normalized spacial score (nSPS) is 10.7. The lowest BCUT2D eigenvalue weighted by Crippen LogP contribution is -2.27. The summed E-state index contributed by atoms with van der Waals surface area (Å²) < 4.78 is 5.06. The summed E-state index contributed by atoms with van der Waals surface area (Å²) in [4.78, 5) is 15.9. The summed E-state index contributed by atoms with van der Waals surface area (Å²) in [5.74, 6) is 0.354. The van der Waals surface area contributed by atoms with Crippen molar-refractivity contribution in [1.82, 2.24) is 10.3 Å². The van der Waals surface area contributed by atoms with Crippen molar-refractivity contribution < 1.29 is 9.53 Å². The number of nitrogens with zero attached hydrogens (tertiary/aromatic N) is 1. The summed E-state index contributed by atoms with van der Waals surface area (Å²) in [5, 5.41) is 5.90. The molecule has 118 valence electrons. The minimum atomic E-state index is -0.344. The molecule has 0 bridgehead atoms. The van der Waals surface area contributed by atoms with E-state index in [0.717, 1.165) is 22.7 Å². The number of alkyl carbamates (subject to hydrolysis) is 1. The van der Waals surface area contributed by atoms with Gasteiger partial charge in [0.15, 0.2) is 0 Å². The summed E-state index contributed by atoms with van der Waals surface area (Å²) in [5.41, 5.74) is 3.32. The molecule has 0 atom stereocenters. The highest BCUT2D eigenvalue weighted by molar-refractivity contribution is 7.09. The molecule has 2 aromatic rings. The van der Waals surface area contributed by atoms with Gasteiger partial charge in [0.1, 0.15) is 0 Å². The van der Waals surface area contributed by atoms with E-state index in [1.54, 1.807) is 11.3 Å². The minimum absolute atomic E-state index is 0.344. The molecule has 0 aliphatic heterocycles. The van der Waals surface area contributed by atoms with E-state index in [4.69, 9.17) is 4.74 Å². The molecule has 0 radical (unpaired) electrons. The van der Waals surface area contributed by atoms with Gasteiger partial charge in [0.2, 0.25) is 0 Å². The first-order valence-corrected chi connectivity index (χ1v) is 8.34. The third-order valence-electron chi connectivity index (χ3n) is 3.10. The van der Waals surface area contributed by atoms with E-state index in [1.807, 2.05) is 20.8 Å². The number of carbonyl (C=O) groups is 1. The number of nitrogens with one attached hydrogen (secondary N) is 1.